The van der Waals surface area contributed by atoms with Crippen molar-refractivity contribution in [2.24, 2.45) is 0 Å². The van der Waals surface area contributed by atoms with Crippen molar-refractivity contribution in [2.45, 2.75) is 18.0 Å². The highest BCUT2D eigenvalue weighted by Gasteiger charge is 2.33. The van der Waals surface area contributed by atoms with Gasteiger partial charge < -0.3 is 10.6 Å². The first-order valence-electron chi connectivity index (χ1n) is 6.81. The third-order valence-electron chi connectivity index (χ3n) is 3.35. The summed E-state index contributed by atoms with van der Waals surface area (Å²) in [4.78, 5) is 12.4. The highest BCUT2D eigenvalue weighted by Crippen LogP contribution is 2.27. The van der Waals surface area contributed by atoms with E-state index < -0.39 is 22.1 Å². The minimum atomic E-state index is -3.75. The number of aryl methyl sites for hydroxylation is 1. The zero-order chi connectivity index (χ0) is 16.6. The van der Waals surface area contributed by atoms with Crippen molar-refractivity contribution in [3.63, 3.8) is 0 Å². The average molecular weight is 352 g/mol. The van der Waals surface area contributed by atoms with E-state index in [-0.39, 0.29) is 4.90 Å². The first-order chi connectivity index (χ1) is 10.8. The molecule has 0 fully saturated rings. The lowest BCUT2D eigenvalue weighted by atomic mass is 10.2. The summed E-state index contributed by atoms with van der Waals surface area (Å²) in [6, 6.07) is 11.5. The summed E-state index contributed by atoms with van der Waals surface area (Å²) in [6.07, 6.45) is -1.10. The summed E-state index contributed by atoms with van der Waals surface area (Å²) in [5.41, 5.74) is 1.77. The molecule has 0 aromatic heterocycles. The lowest BCUT2D eigenvalue weighted by Gasteiger charge is -2.27. The third kappa shape index (κ3) is 3.31. The topological polar surface area (TPSA) is 87.3 Å². The number of amides is 1. The number of carbonyl (C=O) groups is 1. The van der Waals surface area contributed by atoms with Crippen LogP contribution in [0.1, 0.15) is 5.56 Å². The molecule has 23 heavy (non-hydrogen) atoms. The average Bonchev–Trinajstić information content (AvgIpc) is 2.45. The van der Waals surface area contributed by atoms with Gasteiger partial charge in [-0.15, -0.1) is 0 Å². The molecule has 120 valence electrons. The van der Waals surface area contributed by atoms with Crippen LogP contribution in [0.15, 0.2) is 47.4 Å². The van der Waals surface area contributed by atoms with Gasteiger partial charge in [-0.25, -0.2) is 8.42 Å². The molecule has 0 radical (unpaired) electrons. The fourth-order valence-electron chi connectivity index (χ4n) is 2.29. The van der Waals surface area contributed by atoms with Crippen molar-refractivity contribution < 1.29 is 13.2 Å². The molecule has 0 spiro atoms. The van der Waals surface area contributed by atoms with Gasteiger partial charge in [0.05, 0.1) is 5.69 Å². The summed E-state index contributed by atoms with van der Waals surface area (Å²) >= 11 is 5.87. The van der Waals surface area contributed by atoms with E-state index in [4.69, 9.17) is 11.6 Å². The van der Waals surface area contributed by atoms with E-state index in [1.165, 1.54) is 6.07 Å². The lowest BCUT2D eigenvalue weighted by Crippen LogP contribution is -2.51. The zero-order valence-electron chi connectivity index (χ0n) is 12.1. The number of hydrogen-bond acceptors (Lipinski definition) is 4. The van der Waals surface area contributed by atoms with E-state index in [9.17, 15) is 13.2 Å². The van der Waals surface area contributed by atoms with Gasteiger partial charge in [-0.05, 0) is 42.8 Å². The standard InChI is InChI=1S/C15H14ClN3O3S/c1-9-5-6-13-12(7-9)18-14(19-23(13,21)22)15(20)17-11-4-2-3-10(16)8-11/h2-8,14,18-19H,1H3,(H,17,20)/t14-/m0/s1. The Labute approximate surface area is 138 Å². The SMILES string of the molecule is Cc1ccc2c(c1)N[C@H](C(=O)Nc1cccc(Cl)c1)NS2(=O)=O. The Hall–Kier alpha value is -2.09. The Balaban J connectivity index is 1.86. The molecule has 0 unspecified atom stereocenters. The van der Waals surface area contributed by atoms with Gasteiger partial charge in [0.15, 0.2) is 6.17 Å². The number of rotatable bonds is 2. The van der Waals surface area contributed by atoms with E-state index in [0.717, 1.165) is 5.56 Å². The molecule has 2 aromatic carbocycles. The second-order valence-electron chi connectivity index (χ2n) is 5.20. The Morgan fingerprint density at radius 1 is 1.22 bits per heavy atom. The molecule has 3 rings (SSSR count). The maximum atomic E-state index is 12.3. The van der Waals surface area contributed by atoms with Crippen molar-refractivity contribution in [3.8, 4) is 0 Å². The number of benzene rings is 2. The van der Waals surface area contributed by atoms with Crippen molar-refractivity contribution in [3.05, 3.63) is 53.1 Å². The maximum absolute atomic E-state index is 12.3. The number of fused-ring (bicyclic) bond motifs is 1. The predicted molar refractivity (Wildman–Crippen MR) is 89.0 cm³/mol. The Bertz CT molecular complexity index is 883. The lowest BCUT2D eigenvalue weighted by molar-refractivity contribution is -0.117. The molecule has 0 aliphatic carbocycles. The van der Waals surface area contributed by atoms with E-state index >= 15 is 0 Å². The summed E-state index contributed by atoms with van der Waals surface area (Å²) in [5.74, 6) is -0.525. The van der Waals surface area contributed by atoms with Crippen LogP contribution in [0.2, 0.25) is 5.02 Å². The van der Waals surface area contributed by atoms with Crippen LogP contribution in [0.4, 0.5) is 11.4 Å². The minimum absolute atomic E-state index is 0.120. The van der Waals surface area contributed by atoms with E-state index in [1.807, 2.05) is 6.92 Å². The number of nitrogens with one attached hydrogen (secondary N) is 3. The molecule has 0 saturated heterocycles. The van der Waals surface area contributed by atoms with Crippen LogP contribution in [-0.4, -0.2) is 20.5 Å². The molecule has 8 heteroatoms. The summed E-state index contributed by atoms with van der Waals surface area (Å²) in [5, 5.41) is 5.99. The number of carbonyl (C=O) groups excluding carboxylic acids is 1. The highest BCUT2D eigenvalue weighted by atomic mass is 35.5. The molecule has 1 aliphatic heterocycles. The fraction of sp³-hybridized carbons (Fsp3) is 0.133. The summed E-state index contributed by atoms with van der Waals surface area (Å²) in [6.45, 7) is 1.84. The number of sulfonamides is 1. The van der Waals surface area contributed by atoms with Crippen LogP contribution in [0.3, 0.4) is 0 Å². The molecule has 6 nitrogen and oxygen atoms in total. The number of anilines is 2. The van der Waals surface area contributed by atoms with Crippen LogP contribution in [0.25, 0.3) is 0 Å². The smallest absolute Gasteiger partial charge is 0.262 e. The molecule has 1 atom stereocenters. The summed E-state index contributed by atoms with van der Waals surface area (Å²) < 4.78 is 26.8. The van der Waals surface area contributed by atoms with Gasteiger partial charge in [-0.2, -0.15) is 4.72 Å². The third-order valence-corrected chi connectivity index (χ3v) is 5.07. The molecule has 1 amide bonds. The van der Waals surface area contributed by atoms with Crippen LogP contribution < -0.4 is 15.4 Å². The van der Waals surface area contributed by atoms with Crippen LogP contribution >= 0.6 is 11.6 Å². The summed E-state index contributed by atoms with van der Waals surface area (Å²) in [7, 11) is -3.75. The molecular formula is C15H14ClN3O3S. The second-order valence-corrected chi connectivity index (χ2v) is 7.32. The molecule has 0 saturated carbocycles. The van der Waals surface area contributed by atoms with Gasteiger partial charge in [0.1, 0.15) is 4.90 Å². The van der Waals surface area contributed by atoms with Crippen LogP contribution in [-0.2, 0) is 14.8 Å². The molecular weight excluding hydrogens is 338 g/mol. The molecule has 3 N–H and O–H groups in total. The predicted octanol–water partition coefficient (Wildman–Crippen LogP) is 2.32. The molecule has 2 aromatic rings. The molecule has 1 aliphatic rings. The molecule has 0 bridgehead atoms. The highest BCUT2D eigenvalue weighted by molar-refractivity contribution is 7.89. The van der Waals surface area contributed by atoms with E-state index in [2.05, 4.69) is 15.4 Å². The maximum Gasteiger partial charge on any atom is 0.262 e. The second kappa shape index (κ2) is 5.84. The monoisotopic (exact) mass is 351 g/mol. The zero-order valence-corrected chi connectivity index (χ0v) is 13.7. The minimum Gasteiger partial charge on any atom is -0.360 e. The van der Waals surface area contributed by atoms with E-state index in [1.54, 1.807) is 36.4 Å². The van der Waals surface area contributed by atoms with Gasteiger partial charge >= 0.3 is 0 Å². The van der Waals surface area contributed by atoms with Crippen molar-refractivity contribution in [2.75, 3.05) is 10.6 Å². The quantitative estimate of drug-likeness (QED) is 0.774. The Morgan fingerprint density at radius 2 is 2.00 bits per heavy atom. The fourth-order valence-corrected chi connectivity index (χ4v) is 3.74. The van der Waals surface area contributed by atoms with Crippen LogP contribution in [0, 0.1) is 6.92 Å². The first kappa shape index (κ1) is 15.8. The van der Waals surface area contributed by atoms with Crippen LogP contribution in [0.5, 0.6) is 0 Å². The number of halogens is 1. The normalized spacial score (nSPS) is 18.6. The van der Waals surface area contributed by atoms with Crippen molar-refractivity contribution >= 4 is 38.9 Å². The van der Waals surface area contributed by atoms with E-state index in [0.29, 0.717) is 16.4 Å². The Kier molecular flexibility index (Phi) is 4.01. The first-order valence-corrected chi connectivity index (χ1v) is 8.67. The van der Waals surface area contributed by atoms with Gasteiger partial charge in [0, 0.05) is 10.7 Å². The van der Waals surface area contributed by atoms with Gasteiger partial charge in [-0.3, -0.25) is 4.79 Å². The van der Waals surface area contributed by atoms with Crippen molar-refractivity contribution in [1.29, 1.82) is 0 Å². The number of hydrogen-bond donors (Lipinski definition) is 3. The van der Waals surface area contributed by atoms with Gasteiger partial charge in [-0.1, -0.05) is 23.7 Å². The Morgan fingerprint density at radius 3 is 2.74 bits per heavy atom. The van der Waals surface area contributed by atoms with Crippen molar-refractivity contribution in [1.82, 2.24) is 4.72 Å². The largest absolute Gasteiger partial charge is 0.360 e. The molecule has 1 heterocycles. The van der Waals surface area contributed by atoms with Gasteiger partial charge in [0.2, 0.25) is 10.0 Å². The van der Waals surface area contributed by atoms with Gasteiger partial charge in [0.25, 0.3) is 5.91 Å².